The van der Waals surface area contributed by atoms with E-state index in [2.05, 4.69) is 31.7 Å². The van der Waals surface area contributed by atoms with Crippen LogP contribution in [-0.2, 0) is 17.9 Å². The number of carbonyl (C=O) groups excluding carboxylic acids is 1. The van der Waals surface area contributed by atoms with Crippen LogP contribution in [0.3, 0.4) is 0 Å². The molecule has 0 aliphatic carbocycles. The Balaban J connectivity index is 1.86. The molecule has 1 amide bonds. The zero-order valence-corrected chi connectivity index (χ0v) is 22.9. The third-order valence-corrected chi connectivity index (χ3v) is 8.17. The number of thioether (sulfide) groups is 1. The molecule has 2 aromatic rings. The molecule has 2 aliphatic heterocycles. The van der Waals surface area contributed by atoms with Crippen molar-refractivity contribution in [2.24, 2.45) is 11.8 Å². The average molecular weight is 525 g/mol. The summed E-state index contributed by atoms with van der Waals surface area (Å²) in [5.41, 5.74) is 1.23. The fraction of sp³-hybridized carbons (Fsp3) is 0.481. The molecule has 9 heteroatoms. The zero-order valence-electron chi connectivity index (χ0n) is 21.2. The van der Waals surface area contributed by atoms with Crippen molar-refractivity contribution in [3.63, 3.8) is 0 Å². The standard InChI is InChI=1S/C27H32N4O3S2/c1-5-6-9-30-24(29-14-17(2)11-18(3)15-29)21(19(4)22(13-28)25(30)32)12-23-26(33)31(27(35)36-23)16-20-8-7-10-34-20/h7-8,10,12,17-18H,5-6,9,11,14-16H2,1-4H3/b23-12+. The molecule has 0 bridgehead atoms. The summed E-state index contributed by atoms with van der Waals surface area (Å²) in [7, 11) is 0. The molecule has 36 heavy (non-hydrogen) atoms. The number of hydrogen-bond donors (Lipinski definition) is 0. The lowest BCUT2D eigenvalue weighted by Crippen LogP contribution is -2.43. The Morgan fingerprint density at radius 3 is 2.61 bits per heavy atom. The van der Waals surface area contributed by atoms with Gasteiger partial charge in [0.1, 0.15) is 27.5 Å². The van der Waals surface area contributed by atoms with Crippen LogP contribution in [0.25, 0.3) is 6.08 Å². The zero-order chi connectivity index (χ0) is 26.0. The molecule has 4 rings (SSSR count). The first-order chi connectivity index (χ1) is 17.2. The van der Waals surface area contributed by atoms with Crippen molar-refractivity contribution < 1.29 is 9.21 Å². The van der Waals surface area contributed by atoms with Crippen molar-refractivity contribution in [2.75, 3.05) is 18.0 Å². The predicted molar refractivity (Wildman–Crippen MR) is 148 cm³/mol. The van der Waals surface area contributed by atoms with Crippen LogP contribution >= 0.6 is 24.0 Å². The van der Waals surface area contributed by atoms with Crippen LogP contribution in [0.5, 0.6) is 0 Å². The maximum absolute atomic E-state index is 13.5. The van der Waals surface area contributed by atoms with E-state index in [0.717, 1.165) is 43.7 Å². The number of thiocarbonyl (C=S) groups is 1. The molecule has 2 aliphatic rings. The van der Waals surface area contributed by atoms with E-state index in [1.807, 2.05) is 12.1 Å². The molecule has 0 aromatic carbocycles. The Kier molecular flexibility index (Phi) is 8.06. The van der Waals surface area contributed by atoms with E-state index < -0.39 is 0 Å². The highest BCUT2D eigenvalue weighted by Crippen LogP contribution is 2.38. The number of piperidine rings is 1. The summed E-state index contributed by atoms with van der Waals surface area (Å²) in [6.07, 6.45) is 6.28. The van der Waals surface area contributed by atoms with Crippen LogP contribution in [-0.4, -0.2) is 32.8 Å². The van der Waals surface area contributed by atoms with E-state index in [1.165, 1.54) is 16.7 Å². The fourth-order valence-corrected chi connectivity index (χ4v) is 6.41. The van der Waals surface area contributed by atoms with E-state index in [1.54, 1.807) is 23.8 Å². The number of carbonyl (C=O) groups is 1. The molecule has 190 valence electrons. The predicted octanol–water partition coefficient (Wildman–Crippen LogP) is 5.31. The van der Waals surface area contributed by atoms with Gasteiger partial charge in [-0.25, -0.2) is 0 Å². The van der Waals surface area contributed by atoms with E-state index in [-0.39, 0.29) is 23.6 Å². The molecule has 0 N–H and O–H groups in total. The molecule has 0 radical (unpaired) electrons. The topological polar surface area (TPSA) is 82.5 Å². The summed E-state index contributed by atoms with van der Waals surface area (Å²) in [5.74, 6) is 2.20. The fourth-order valence-electron chi connectivity index (χ4n) is 5.17. The number of anilines is 1. The van der Waals surface area contributed by atoms with Gasteiger partial charge in [-0.2, -0.15) is 5.26 Å². The van der Waals surface area contributed by atoms with Gasteiger partial charge in [-0.15, -0.1) is 0 Å². The maximum atomic E-state index is 13.5. The molecule has 0 saturated carbocycles. The number of unbranched alkanes of at least 4 members (excludes halogenated alkanes) is 1. The Bertz CT molecular complexity index is 1280. The Labute approximate surface area is 221 Å². The minimum atomic E-state index is -0.258. The van der Waals surface area contributed by atoms with Gasteiger partial charge in [0.05, 0.1) is 17.7 Å². The molecule has 7 nitrogen and oxygen atoms in total. The number of nitrogens with zero attached hydrogens (tertiary/aromatic N) is 4. The molecular formula is C27H32N4O3S2. The van der Waals surface area contributed by atoms with Crippen LogP contribution in [0.15, 0.2) is 32.5 Å². The quantitative estimate of drug-likeness (QED) is 0.359. The number of aromatic nitrogens is 1. The van der Waals surface area contributed by atoms with Crippen molar-refractivity contribution in [3.05, 3.63) is 56.1 Å². The van der Waals surface area contributed by atoms with E-state index in [4.69, 9.17) is 16.6 Å². The summed E-state index contributed by atoms with van der Waals surface area (Å²) in [4.78, 5) is 31.2. The number of furan rings is 1. The largest absolute Gasteiger partial charge is 0.467 e. The number of hydrogen-bond acceptors (Lipinski definition) is 7. The summed E-state index contributed by atoms with van der Waals surface area (Å²) >= 11 is 6.77. The second-order valence-corrected chi connectivity index (χ2v) is 11.5. The van der Waals surface area contributed by atoms with Crippen molar-refractivity contribution in [2.45, 2.75) is 60.0 Å². The summed E-state index contributed by atoms with van der Waals surface area (Å²) in [6, 6.07) is 5.72. The number of pyridine rings is 1. The van der Waals surface area contributed by atoms with Crippen LogP contribution in [0.4, 0.5) is 5.82 Å². The Morgan fingerprint density at radius 2 is 2.00 bits per heavy atom. The smallest absolute Gasteiger partial charge is 0.270 e. The number of nitriles is 1. The molecule has 2 atom stereocenters. The van der Waals surface area contributed by atoms with Gasteiger partial charge in [0.15, 0.2) is 0 Å². The molecule has 0 spiro atoms. The normalized spacial score (nSPS) is 21.5. The highest BCUT2D eigenvalue weighted by Gasteiger charge is 2.34. The molecule has 2 saturated heterocycles. The second-order valence-electron chi connectivity index (χ2n) is 9.86. The second kappa shape index (κ2) is 11.1. The summed E-state index contributed by atoms with van der Waals surface area (Å²) < 4.78 is 7.64. The average Bonchev–Trinajstić information content (AvgIpc) is 3.43. The molecule has 2 unspecified atom stereocenters. The molecule has 4 heterocycles. The van der Waals surface area contributed by atoms with Gasteiger partial charge in [0.25, 0.3) is 11.5 Å². The van der Waals surface area contributed by atoms with Crippen molar-refractivity contribution in [1.29, 1.82) is 5.26 Å². The molecule has 2 aromatic heterocycles. The van der Waals surface area contributed by atoms with Crippen LogP contribution in [0.1, 0.15) is 62.5 Å². The SMILES string of the molecule is CCCCn1c(N2CC(C)CC(C)C2)c(/C=C2/SC(=S)N(Cc3ccco3)C2=O)c(C)c(C#N)c1=O. The summed E-state index contributed by atoms with van der Waals surface area (Å²) in [6.45, 7) is 10.8. The van der Waals surface area contributed by atoms with Crippen LogP contribution in [0, 0.1) is 30.1 Å². The Hall–Kier alpha value is -2.83. The highest BCUT2D eigenvalue weighted by molar-refractivity contribution is 8.26. The first-order valence-corrected chi connectivity index (χ1v) is 13.7. The third-order valence-electron chi connectivity index (χ3n) is 6.79. The summed E-state index contributed by atoms with van der Waals surface area (Å²) in [5, 5.41) is 9.89. The first-order valence-electron chi connectivity index (χ1n) is 12.4. The minimum Gasteiger partial charge on any atom is -0.467 e. The van der Waals surface area contributed by atoms with Crippen molar-refractivity contribution >= 4 is 46.1 Å². The first kappa shape index (κ1) is 26.2. The number of rotatable bonds is 7. The van der Waals surface area contributed by atoms with Crippen LogP contribution < -0.4 is 10.5 Å². The van der Waals surface area contributed by atoms with Gasteiger partial charge in [0, 0.05) is 25.2 Å². The van der Waals surface area contributed by atoms with E-state index in [9.17, 15) is 14.9 Å². The molecular weight excluding hydrogens is 492 g/mol. The van der Waals surface area contributed by atoms with Gasteiger partial charge in [-0.3, -0.25) is 19.1 Å². The van der Waals surface area contributed by atoms with Gasteiger partial charge >= 0.3 is 0 Å². The lowest BCUT2D eigenvalue weighted by Gasteiger charge is -2.39. The lowest BCUT2D eigenvalue weighted by atomic mass is 9.91. The van der Waals surface area contributed by atoms with Gasteiger partial charge in [-0.1, -0.05) is 51.2 Å². The van der Waals surface area contributed by atoms with Crippen molar-refractivity contribution in [1.82, 2.24) is 9.47 Å². The Morgan fingerprint density at radius 1 is 1.28 bits per heavy atom. The van der Waals surface area contributed by atoms with Crippen LogP contribution in [0.2, 0.25) is 0 Å². The molecule has 2 fully saturated rings. The number of amides is 1. The third kappa shape index (κ3) is 5.16. The maximum Gasteiger partial charge on any atom is 0.270 e. The van der Waals surface area contributed by atoms with Gasteiger partial charge < -0.3 is 9.32 Å². The van der Waals surface area contributed by atoms with E-state index >= 15 is 0 Å². The van der Waals surface area contributed by atoms with Crippen molar-refractivity contribution in [3.8, 4) is 6.07 Å². The van der Waals surface area contributed by atoms with E-state index in [0.29, 0.717) is 38.9 Å². The lowest BCUT2D eigenvalue weighted by molar-refractivity contribution is -0.122. The minimum absolute atomic E-state index is 0.130. The monoisotopic (exact) mass is 524 g/mol. The van der Waals surface area contributed by atoms with Gasteiger partial charge in [0.2, 0.25) is 0 Å². The highest BCUT2D eigenvalue weighted by atomic mass is 32.2. The van der Waals surface area contributed by atoms with Gasteiger partial charge in [-0.05, 0) is 55.4 Å².